The molecular formula is C27H36N7O4+. The SMILES string of the molecule is Cn1cc(N2Cc3cc(NC(=O)[C@H](NC(=O)OC(C)(C)C)C4CCCCC4)cc4c3C(C=N2)C[N+]4=O)cn1. The van der Waals surface area contributed by atoms with Crippen molar-refractivity contribution in [2.75, 3.05) is 16.9 Å². The topological polar surface area (TPSA) is 121 Å². The highest BCUT2D eigenvalue weighted by molar-refractivity contribution is 5.97. The largest absolute Gasteiger partial charge is 0.444 e. The Morgan fingerprint density at radius 2 is 1.95 bits per heavy atom. The second-order valence-corrected chi connectivity index (χ2v) is 11.4. The number of ether oxygens (including phenoxy) is 1. The van der Waals surface area contributed by atoms with Gasteiger partial charge in [-0.05, 0) is 51.2 Å². The van der Waals surface area contributed by atoms with Crippen molar-refractivity contribution < 1.29 is 19.1 Å². The van der Waals surface area contributed by atoms with E-state index in [1.165, 1.54) is 0 Å². The van der Waals surface area contributed by atoms with Crippen molar-refractivity contribution in [2.24, 2.45) is 18.1 Å². The lowest BCUT2D eigenvalue weighted by atomic mass is 9.83. The molecule has 2 aromatic rings. The molecule has 0 bridgehead atoms. The molecule has 11 nitrogen and oxygen atoms in total. The van der Waals surface area contributed by atoms with Gasteiger partial charge in [0.15, 0.2) is 0 Å². The van der Waals surface area contributed by atoms with E-state index in [1.807, 2.05) is 30.5 Å². The summed E-state index contributed by atoms with van der Waals surface area (Å²) in [6, 6.07) is 2.90. The van der Waals surface area contributed by atoms with E-state index in [9.17, 15) is 14.5 Å². The summed E-state index contributed by atoms with van der Waals surface area (Å²) in [6.45, 7) is 6.08. The lowest BCUT2D eigenvalue weighted by molar-refractivity contribution is -0.452. The van der Waals surface area contributed by atoms with Crippen LogP contribution in [0.4, 0.5) is 21.9 Å². The Morgan fingerprint density at radius 1 is 1.18 bits per heavy atom. The molecule has 1 fully saturated rings. The van der Waals surface area contributed by atoms with Crippen molar-refractivity contribution in [3.8, 4) is 0 Å². The summed E-state index contributed by atoms with van der Waals surface area (Å²) >= 11 is 0. The highest BCUT2D eigenvalue weighted by Gasteiger charge is 2.41. The van der Waals surface area contributed by atoms with E-state index in [1.54, 1.807) is 37.7 Å². The average molecular weight is 523 g/mol. The molecule has 2 amide bonds. The number of hydrogen-bond acceptors (Lipinski definition) is 7. The number of benzene rings is 1. The lowest BCUT2D eigenvalue weighted by Gasteiger charge is -2.31. The van der Waals surface area contributed by atoms with E-state index in [2.05, 4.69) is 20.8 Å². The first kappa shape index (κ1) is 25.9. The fraction of sp³-hybridized carbons (Fsp3) is 0.556. The van der Waals surface area contributed by atoms with Crippen molar-refractivity contribution in [1.82, 2.24) is 15.1 Å². The van der Waals surface area contributed by atoms with E-state index in [0.29, 0.717) is 17.9 Å². The molecule has 0 saturated heterocycles. The molecule has 1 aliphatic carbocycles. The number of carbonyl (C=O) groups is 2. The monoisotopic (exact) mass is 522 g/mol. The van der Waals surface area contributed by atoms with Crippen LogP contribution in [0, 0.1) is 10.8 Å². The van der Waals surface area contributed by atoms with Crippen molar-refractivity contribution >= 4 is 35.3 Å². The van der Waals surface area contributed by atoms with Gasteiger partial charge in [-0.25, -0.2) is 4.79 Å². The maximum atomic E-state index is 13.6. The molecule has 0 radical (unpaired) electrons. The van der Waals surface area contributed by atoms with Crippen LogP contribution in [0.15, 0.2) is 29.6 Å². The third-order valence-corrected chi connectivity index (χ3v) is 7.28. The second-order valence-electron chi connectivity index (χ2n) is 11.4. The molecular weight excluding hydrogens is 486 g/mol. The minimum Gasteiger partial charge on any atom is -0.444 e. The molecule has 3 aliphatic rings. The summed E-state index contributed by atoms with van der Waals surface area (Å²) in [5.41, 5.74) is 3.07. The molecule has 1 saturated carbocycles. The fourth-order valence-corrected chi connectivity index (χ4v) is 5.61. The number of rotatable bonds is 5. The summed E-state index contributed by atoms with van der Waals surface area (Å²) in [5.74, 6) is -0.425. The molecule has 2 aliphatic heterocycles. The van der Waals surface area contributed by atoms with Gasteiger partial charge >= 0.3 is 6.09 Å². The number of aromatic nitrogens is 2. The van der Waals surface area contributed by atoms with Gasteiger partial charge in [0, 0.05) is 46.4 Å². The van der Waals surface area contributed by atoms with Crippen LogP contribution in [0.2, 0.25) is 0 Å². The molecule has 202 valence electrons. The first-order valence-electron chi connectivity index (χ1n) is 13.3. The van der Waals surface area contributed by atoms with Gasteiger partial charge in [0.25, 0.3) is 5.69 Å². The number of alkyl carbamates (subject to hydrolysis) is 1. The number of carbonyl (C=O) groups excluding carboxylic acids is 2. The highest BCUT2D eigenvalue weighted by Crippen LogP contribution is 2.41. The summed E-state index contributed by atoms with van der Waals surface area (Å²) < 4.78 is 8.13. The van der Waals surface area contributed by atoms with Gasteiger partial charge in [0.05, 0.1) is 24.3 Å². The molecule has 5 rings (SSSR count). The smallest absolute Gasteiger partial charge is 0.408 e. The molecule has 1 aromatic heterocycles. The second kappa shape index (κ2) is 10.2. The van der Waals surface area contributed by atoms with Crippen LogP contribution < -0.4 is 15.6 Å². The Kier molecular flexibility index (Phi) is 6.93. The van der Waals surface area contributed by atoms with E-state index in [0.717, 1.165) is 53.7 Å². The van der Waals surface area contributed by atoms with Gasteiger partial charge in [-0.1, -0.05) is 19.3 Å². The third kappa shape index (κ3) is 5.56. The predicted octanol–water partition coefficient (Wildman–Crippen LogP) is 4.35. The van der Waals surface area contributed by atoms with Gasteiger partial charge in [0.1, 0.15) is 11.6 Å². The Balaban J connectivity index is 1.41. The first-order valence-corrected chi connectivity index (χ1v) is 13.3. The summed E-state index contributed by atoms with van der Waals surface area (Å²) in [5, 5.41) is 16.5. The lowest BCUT2D eigenvalue weighted by Crippen LogP contribution is -2.50. The average Bonchev–Trinajstić information content (AvgIpc) is 3.36. The van der Waals surface area contributed by atoms with Crippen LogP contribution in [0.25, 0.3) is 0 Å². The minimum absolute atomic E-state index is 0.0158. The third-order valence-electron chi connectivity index (χ3n) is 7.28. The molecule has 0 spiro atoms. The van der Waals surface area contributed by atoms with E-state index in [4.69, 9.17) is 4.74 Å². The van der Waals surface area contributed by atoms with Gasteiger partial charge in [0.2, 0.25) is 12.5 Å². The molecule has 38 heavy (non-hydrogen) atoms. The highest BCUT2D eigenvalue weighted by atomic mass is 16.6. The van der Waals surface area contributed by atoms with Crippen molar-refractivity contribution in [2.45, 2.75) is 77.0 Å². The normalized spacial score (nSPS) is 20.1. The molecule has 2 atom stereocenters. The Morgan fingerprint density at radius 3 is 2.63 bits per heavy atom. The molecule has 1 unspecified atom stereocenters. The van der Waals surface area contributed by atoms with E-state index in [-0.39, 0.29) is 24.3 Å². The number of hydrazone groups is 1. The maximum Gasteiger partial charge on any atom is 0.408 e. The molecule has 2 N–H and O–H groups in total. The number of nitroso groups, excluding NO2 is 1. The first-order chi connectivity index (χ1) is 18.1. The number of nitrogens with one attached hydrogen (secondary N) is 2. The molecule has 1 aromatic carbocycles. The molecule has 11 heteroatoms. The standard InChI is InChI=1S/C27H35N7O4/c1-27(2,3)38-26(36)31-24(17-8-6-5-7-9-17)25(35)30-20-10-18-14-33(21-13-28-32(4)16-21)29-12-19-15-34(37)22(11-20)23(18)19/h10-13,16-17,19,24H,5-9,14-15H2,1-4H3,(H-,30,31,35,36)/p+1/t19?,24-/m1/s1. The predicted molar refractivity (Wildman–Crippen MR) is 144 cm³/mol. The van der Waals surface area contributed by atoms with Crippen molar-refractivity contribution in [1.29, 1.82) is 0 Å². The number of anilines is 2. The van der Waals surface area contributed by atoms with Crippen LogP contribution >= 0.6 is 0 Å². The van der Waals surface area contributed by atoms with Crippen LogP contribution in [-0.4, -0.2) is 50.9 Å². The summed E-state index contributed by atoms with van der Waals surface area (Å²) in [6.07, 6.45) is 9.70. The van der Waals surface area contributed by atoms with Crippen LogP contribution in [0.5, 0.6) is 0 Å². The van der Waals surface area contributed by atoms with Crippen molar-refractivity contribution in [3.05, 3.63) is 40.6 Å². The number of hydrogen-bond donors (Lipinski definition) is 2. The van der Waals surface area contributed by atoms with E-state index < -0.39 is 17.7 Å². The van der Waals surface area contributed by atoms with Crippen LogP contribution in [0.1, 0.15) is 69.9 Å². The Bertz CT molecular complexity index is 1270. The zero-order valence-electron chi connectivity index (χ0n) is 22.4. The zero-order valence-corrected chi connectivity index (χ0v) is 22.4. The zero-order chi connectivity index (χ0) is 27.0. The van der Waals surface area contributed by atoms with Crippen LogP contribution in [-0.2, 0) is 23.1 Å². The number of nitrogens with zero attached hydrogens (tertiary/aromatic N) is 5. The van der Waals surface area contributed by atoms with E-state index >= 15 is 0 Å². The fourth-order valence-electron chi connectivity index (χ4n) is 5.61. The van der Waals surface area contributed by atoms with Gasteiger partial charge in [-0.2, -0.15) is 10.2 Å². The van der Waals surface area contributed by atoms with Crippen LogP contribution in [0.3, 0.4) is 0 Å². The van der Waals surface area contributed by atoms with Crippen molar-refractivity contribution in [3.63, 3.8) is 0 Å². The maximum absolute atomic E-state index is 13.6. The van der Waals surface area contributed by atoms with Gasteiger partial charge < -0.3 is 15.4 Å². The molecule has 3 heterocycles. The minimum atomic E-state index is -0.733. The quantitative estimate of drug-likeness (QED) is 0.564. The number of aryl methyl sites for hydroxylation is 1. The number of amides is 2. The van der Waals surface area contributed by atoms with Gasteiger partial charge in [-0.15, -0.1) is 0 Å². The Labute approximate surface area is 222 Å². The summed E-state index contributed by atoms with van der Waals surface area (Å²) in [7, 11) is 1.85. The van der Waals surface area contributed by atoms with Gasteiger partial charge in [-0.3, -0.25) is 14.5 Å². The Hall–Kier alpha value is -3.76. The summed E-state index contributed by atoms with van der Waals surface area (Å²) in [4.78, 5) is 39.1.